The molecule has 0 saturated heterocycles. The van der Waals surface area contributed by atoms with E-state index in [-0.39, 0.29) is 12.1 Å². The van der Waals surface area contributed by atoms with Crippen LogP contribution in [0.4, 0.5) is 0 Å². The van der Waals surface area contributed by atoms with Crippen LogP contribution in [0, 0.1) is 0 Å². The summed E-state index contributed by atoms with van der Waals surface area (Å²) >= 11 is 0. The maximum atomic E-state index is 9.15. The first-order chi connectivity index (χ1) is 9.85. The fraction of sp³-hybridized carbons (Fsp3) is 0.235. The van der Waals surface area contributed by atoms with Gasteiger partial charge >= 0.3 is 0 Å². The zero-order valence-corrected chi connectivity index (χ0v) is 11.2. The molecule has 2 aromatic rings. The van der Waals surface area contributed by atoms with Gasteiger partial charge in [0.25, 0.3) is 0 Å². The number of aliphatic hydroxyl groups is 1. The normalized spacial score (nSPS) is 17.6. The first-order valence-electron chi connectivity index (χ1n) is 6.95. The lowest BCUT2D eigenvalue weighted by atomic mass is 9.88. The summed E-state index contributed by atoms with van der Waals surface area (Å²) in [6.07, 6.45) is 1.88. The molecule has 0 radical (unpaired) electrons. The fourth-order valence-corrected chi connectivity index (χ4v) is 3.43. The van der Waals surface area contributed by atoms with E-state index in [0.29, 0.717) is 6.54 Å². The van der Waals surface area contributed by atoms with Gasteiger partial charge in [0.2, 0.25) is 0 Å². The van der Waals surface area contributed by atoms with Crippen molar-refractivity contribution >= 4 is 6.34 Å². The van der Waals surface area contributed by atoms with E-state index in [4.69, 9.17) is 10.1 Å². The molecular weight excluding hydrogens is 248 g/mol. The molecule has 100 valence electrons. The van der Waals surface area contributed by atoms with E-state index < -0.39 is 0 Å². The van der Waals surface area contributed by atoms with Crippen molar-refractivity contribution in [1.82, 2.24) is 4.90 Å². The van der Waals surface area contributed by atoms with Gasteiger partial charge in [-0.2, -0.15) is 0 Å². The summed E-state index contributed by atoms with van der Waals surface area (Å²) in [6.45, 7) is 1.60. The number of nitrogens with zero attached hydrogens (tertiary/aromatic N) is 2. The molecule has 0 saturated carbocycles. The van der Waals surface area contributed by atoms with Crippen LogP contribution in [-0.4, -0.2) is 36.0 Å². The molecule has 0 fully saturated rings. The van der Waals surface area contributed by atoms with Crippen LogP contribution in [0.5, 0.6) is 0 Å². The summed E-state index contributed by atoms with van der Waals surface area (Å²) in [5.74, 6) is 0. The van der Waals surface area contributed by atoms with E-state index in [0.717, 1.165) is 6.54 Å². The topological polar surface area (TPSA) is 35.8 Å². The van der Waals surface area contributed by atoms with Gasteiger partial charge in [0, 0.05) is 6.54 Å². The molecule has 1 spiro atoms. The van der Waals surface area contributed by atoms with Gasteiger partial charge in [-0.3, -0.25) is 4.99 Å². The smallest absolute Gasteiger partial charge is 0.131 e. The van der Waals surface area contributed by atoms with Crippen molar-refractivity contribution in [2.24, 2.45) is 4.99 Å². The second kappa shape index (κ2) is 4.18. The Morgan fingerprint density at radius 3 is 2.20 bits per heavy atom. The molecule has 4 rings (SSSR count). The number of fused-ring (bicyclic) bond motifs is 5. The Kier molecular flexibility index (Phi) is 2.44. The van der Waals surface area contributed by atoms with Crippen LogP contribution >= 0.6 is 0 Å². The van der Waals surface area contributed by atoms with Crippen LogP contribution < -0.4 is 0 Å². The summed E-state index contributed by atoms with van der Waals surface area (Å²) in [6, 6.07) is 17.0. The van der Waals surface area contributed by atoms with E-state index >= 15 is 0 Å². The Labute approximate surface area is 118 Å². The Hall–Kier alpha value is -2.13. The van der Waals surface area contributed by atoms with Crippen molar-refractivity contribution in [2.45, 2.75) is 5.54 Å². The number of β-amino-alcohol motifs (C(OH)–C–C–N with tert-alkyl or cyclic N) is 1. The summed E-state index contributed by atoms with van der Waals surface area (Å²) in [5.41, 5.74) is 4.83. The number of hydrogen-bond acceptors (Lipinski definition) is 3. The Bertz CT molecular complexity index is 647. The molecule has 20 heavy (non-hydrogen) atoms. The fourth-order valence-electron chi connectivity index (χ4n) is 3.43. The van der Waals surface area contributed by atoms with Crippen LogP contribution in [0.2, 0.25) is 0 Å². The van der Waals surface area contributed by atoms with E-state index in [2.05, 4.69) is 53.4 Å². The third-order valence-corrected chi connectivity index (χ3v) is 4.30. The zero-order valence-electron chi connectivity index (χ0n) is 11.2. The number of aliphatic imine (C=N–C) groups is 1. The highest BCUT2D eigenvalue weighted by atomic mass is 16.3. The molecular formula is C17H16N2O. The molecule has 1 heterocycles. The van der Waals surface area contributed by atoms with Gasteiger partial charge in [0.1, 0.15) is 5.54 Å². The Balaban J connectivity index is 1.91. The van der Waals surface area contributed by atoms with Gasteiger partial charge in [-0.05, 0) is 22.3 Å². The molecule has 2 aromatic carbocycles. The van der Waals surface area contributed by atoms with Crippen LogP contribution in [0.25, 0.3) is 11.1 Å². The van der Waals surface area contributed by atoms with Gasteiger partial charge in [-0.1, -0.05) is 48.5 Å². The quantitative estimate of drug-likeness (QED) is 0.903. The summed E-state index contributed by atoms with van der Waals surface area (Å²) in [5, 5.41) is 9.15. The molecule has 0 bridgehead atoms. The minimum Gasteiger partial charge on any atom is -0.395 e. The number of hydrogen-bond donors (Lipinski definition) is 1. The molecule has 1 N–H and O–H groups in total. The van der Waals surface area contributed by atoms with Gasteiger partial charge in [0.05, 0.1) is 19.5 Å². The zero-order chi connectivity index (χ0) is 13.6. The van der Waals surface area contributed by atoms with Crippen LogP contribution in [0.3, 0.4) is 0 Å². The molecule has 0 unspecified atom stereocenters. The first kappa shape index (κ1) is 11.7. The van der Waals surface area contributed by atoms with Gasteiger partial charge in [-0.25, -0.2) is 0 Å². The van der Waals surface area contributed by atoms with Crippen molar-refractivity contribution in [3.05, 3.63) is 59.7 Å². The highest BCUT2D eigenvalue weighted by molar-refractivity contribution is 5.83. The number of aliphatic hydroxyl groups excluding tert-OH is 1. The Morgan fingerprint density at radius 1 is 1.00 bits per heavy atom. The van der Waals surface area contributed by atoms with Crippen molar-refractivity contribution < 1.29 is 5.11 Å². The van der Waals surface area contributed by atoms with E-state index in [1.54, 1.807) is 0 Å². The van der Waals surface area contributed by atoms with Gasteiger partial charge in [-0.15, -0.1) is 0 Å². The average molecular weight is 264 g/mol. The lowest BCUT2D eigenvalue weighted by Gasteiger charge is -2.25. The summed E-state index contributed by atoms with van der Waals surface area (Å²) in [7, 11) is 0. The second-order valence-electron chi connectivity index (χ2n) is 5.39. The molecule has 0 aromatic heterocycles. The van der Waals surface area contributed by atoms with E-state index in [1.807, 2.05) is 6.34 Å². The maximum Gasteiger partial charge on any atom is 0.131 e. The summed E-state index contributed by atoms with van der Waals surface area (Å²) in [4.78, 5) is 6.94. The third-order valence-electron chi connectivity index (χ3n) is 4.30. The third kappa shape index (κ3) is 1.41. The van der Waals surface area contributed by atoms with Crippen LogP contribution in [-0.2, 0) is 5.54 Å². The lowest BCUT2D eigenvalue weighted by Crippen LogP contribution is -2.33. The molecule has 0 amide bonds. The van der Waals surface area contributed by atoms with Gasteiger partial charge < -0.3 is 10.0 Å². The summed E-state index contributed by atoms with van der Waals surface area (Å²) < 4.78 is 0. The lowest BCUT2D eigenvalue weighted by molar-refractivity contribution is 0.248. The van der Waals surface area contributed by atoms with Crippen molar-refractivity contribution in [1.29, 1.82) is 0 Å². The predicted molar refractivity (Wildman–Crippen MR) is 79.8 cm³/mol. The largest absolute Gasteiger partial charge is 0.395 e. The highest BCUT2D eigenvalue weighted by Gasteiger charge is 2.45. The first-order valence-corrected chi connectivity index (χ1v) is 6.95. The Morgan fingerprint density at radius 2 is 1.60 bits per heavy atom. The predicted octanol–water partition coefficient (Wildman–Crippen LogP) is 2.25. The minimum absolute atomic E-state index is 0.158. The van der Waals surface area contributed by atoms with Crippen LogP contribution in [0.1, 0.15) is 11.1 Å². The second-order valence-corrected chi connectivity index (χ2v) is 5.39. The number of benzene rings is 2. The van der Waals surface area contributed by atoms with E-state index in [1.165, 1.54) is 22.3 Å². The van der Waals surface area contributed by atoms with Crippen molar-refractivity contribution in [3.63, 3.8) is 0 Å². The highest BCUT2D eigenvalue weighted by Crippen LogP contribution is 2.51. The standard InChI is InChI=1S/C17H16N2O/c20-10-9-19-11-17(18-12-19)15-7-3-1-5-13(15)14-6-2-4-8-16(14)17/h1-8,12,20H,9-11H2. The molecule has 1 aliphatic carbocycles. The monoisotopic (exact) mass is 264 g/mol. The van der Waals surface area contributed by atoms with Crippen LogP contribution in [0.15, 0.2) is 53.5 Å². The SMILES string of the molecule is OCCN1C=NC2(C1)c1ccccc1-c1ccccc12. The average Bonchev–Trinajstić information content (AvgIpc) is 3.03. The molecule has 1 aliphatic heterocycles. The molecule has 3 nitrogen and oxygen atoms in total. The number of rotatable bonds is 2. The van der Waals surface area contributed by atoms with Gasteiger partial charge in [0.15, 0.2) is 0 Å². The molecule has 2 aliphatic rings. The van der Waals surface area contributed by atoms with Crippen molar-refractivity contribution in [2.75, 3.05) is 19.7 Å². The molecule has 0 atom stereocenters. The maximum absolute atomic E-state index is 9.15. The molecule has 3 heteroatoms. The van der Waals surface area contributed by atoms with E-state index in [9.17, 15) is 0 Å². The van der Waals surface area contributed by atoms with Crippen molar-refractivity contribution in [3.8, 4) is 11.1 Å². The minimum atomic E-state index is -0.289.